The number of hydrogen-bond donors (Lipinski definition) is 0. The standard InChI is InChI=1S/C15H25N/c1-6-16(12-11-15(3,4)5)14-10-8-7-9-13(14)2/h7-10H,6,11-12H2,1-5H3. The maximum atomic E-state index is 2.47. The van der Waals surface area contributed by atoms with E-state index in [9.17, 15) is 0 Å². The Labute approximate surface area is 100 Å². The van der Waals surface area contributed by atoms with Crippen molar-refractivity contribution in [3.05, 3.63) is 29.8 Å². The monoisotopic (exact) mass is 219 g/mol. The van der Waals surface area contributed by atoms with Gasteiger partial charge < -0.3 is 4.90 Å². The Morgan fingerprint density at radius 3 is 2.25 bits per heavy atom. The summed E-state index contributed by atoms with van der Waals surface area (Å²) in [5, 5.41) is 0. The second-order valence-electron chi connectivity index (χ2n) is 5.68. The zero-order valence-corrected chi connectivity index (χ0v) is 11.4. The highest BCUT2D eigenvalue weighted by Crippen LogP contribution is 2.23. The van der Waals surface area contributed by atoms with Crippen LogP contribution in [0, 0.1) is 12.3 Å². The molecule has 0 heterocycles. The van der Waals surface area contributed by atoms with Crippen molar-refractivity contribution in [1.29, 1.82) is 0 Å². The fourth-order valence-corrected chi connectivity index (χ4v) is 1.84. The van der Waals surface area contributed by atoms with Gasteiger partial charge in [-0.2, -0.15) is 0 Å². The van der Waals surface area contributed by atoms with Crippen molar-refractivity contribution < 1.29 is 0 Å². The first-order valence-electron chi connectivity index (χ1n) is 6.24. The third-order valence-electron chi connectivity index (χ3n) is 2.97. The van der Waals surface area contributed by atoms with Gasteiger partial charge in [-0.05, 0) is 37.3 Å². The molecule has 0 bridgehead atoms. The van der Waals surface area contributed by atoms with E-state index in [2.05, 4.69) is 63.8 Å². The molecule has 0 saturated carbocycles. The molecule has 0 atom stereocenters. The number of rotatable bonds is 4. The van der Waals surface area contributed by atoms with Crippen LogP contribution in [0.25, 0.3) is 0 Å². The molecule has 0 saturated heterocycles. The Hall–Kier alpha value is -0.980. The average molecular weight is 219 g/mol. The molecule has 0 amide bonds. The van der Waals surface area contributed by atoms with Crippen molar-refractivity contribution in [2.45, 2.75) is 41.0 Å². The number of benzene rings is 1. The molecule has 0 N–H and O–H groups in total. The first-order valence-corrected chi connectivity index (χ1v) is 6.24. The van der Waals surface area contributed by atoms with Gasteiger partial charge in [0, 0.05) is 18.8 Å². The van der Waals surface area contributed by atoms with Gasteiger partial charge in [-0.25, -0.2) is 0 Å². The fourth-order valence-electron chi connectivity index (χ4n) is 1.84. The van der Waals surface area contributed by atoms with Crippen molar-refractivity contribution in [2.24, 2.45) is 5.41 Å². The van der Waals surface area contributed by atoms with E-state index in [4.69, 9.17) is 0 Å². The topological polar surface area (TPSA) is 3.24 Å². The summed E-state index contributed by atoms with van der Waals surface area (Å²) in [7, 11) is 0. The lowest BCUT2D eigenvalue weighted by Gasteiger charge is -2.28. The number of para-hydroxylation sites is 1. The van der Waals surface area contributed by atoms with E-state index in [0.29, 0.717) is 5.41 Å². The van der Waals surface area contributed by atoms with Gasteiger partial charge in [-0.3, -0.25) is 0 Å². The van der Waals surface area contributed by atoms with Crippen LogP contribution in [0.15, 0.2) is 24.3 Å². The molecular weight excluding hydrogens is 194 g/mol. The normalized spacial score (nSPS) is 11.6. The SMILES string of the molecule is CCN(CCC(C)(C)C)c1ccccc1C. The zero-order chi connectivity index (χ0) is 12.2. The average Bonchev–Trinajstić information content (AvgIpc) is 2.20. The van der Waals surface area contributed by atoms with Crippen LogP contribution in [0.2, 0.25) is 0 Å². The summed E-state index contributed by atoms with van der Waals surface area (Å²) in [5.41, 5.74) is 3.17. The van der Waals surface area contributed by atoms with Gasteiger partial charge in [0.05, 0.1) is 0 Å². The van der Waals surface area contributed by atoms with Crippen LogP contribution < -0.4 is 4.90 Å². The van der Waals surface area contributed by atoms with Gasteiger partial charge >= 0.3 is 0 Å². The predicted octanol–water partition coefficient (Wildman–Crippen LogP) is 4.26. The maximum absolute atomic E-state index is 2.47. The van der Waals surface area contributed by atoms with Gasteiger partial charge in [0.15, 0.2) is 0 Å². The molecule has 0 aliphatic carbocycles. The van der Waals surface area contributed by atoms with Gasteiger partial charge in [0.25, 0.3) is 0 Å². The Bertz CT molecular complexity index is 322. The second kappa shape index (κ2) is 5.38. The summed E-state index contributed by atoms with van der Waals surface area (Å²) < 4.78 is 0. The molecule has 1 aromatic carbocycles. The highest BCUT2D eigenvalue weighted by Gasteiger charge is 2.13. The van der Waals surface area contributed by atoms with Crippen LogP contribution in [0.3, 0.4) is 0 Å². The third-order valence-corrected chi connectivity index (χ3v) is 2.97. The van der Waals surface area contributed by atoms with Crippen molar-refractivity contribution in [2.75, 3.05) is 18.0 Å². The summed E-state index contributed by atoms with van der Waals surface area (Å²) in [6.45, 7) is 13.6. The molecule has 0 aromatic heterocycles. The van der Waals surface area contributed by atoms with E-state index >= 15 is 0 Å². The van der Waals surface area contributed by atoms with Crippen molar-refractivity contribution in [3.8, 4) is 0 Å². The Morgan fingerprint density at radius 2 is 1.75 bits per heavy atom. The highest BCUT2D eigenvalue weighted by atomic mass is 15.1. The lowest BCUT2D eigenvalue weighted by atomic mass is 9.92. The highest BCUT2D eigenvalue weighted by molar-refractivity contribution is 5.52. The minimum Gasteiger partial charge on any atom is -0.372 e. The van der Waals surface area contributed by atoms with E-state index < -0.39 is 0 Å². The Balaban J connectivity index is 2.72. The van der Waals surface area contributed by atoms with E-state index in [0.717, 1.165) is 13.1 Å². The number of nitrogens with zero attached hydrogens (tertiary/aromatic N) is 1. The minimum atomic E-state index is 0.413. The summed E-state index contributed by atoms with van der Waals surface area (Å²) in [5.74, 6) is 0. The fraction of sp³-hybridized carbons (Fsp3) is 0.600. The first-order chi connectivity index (χ1) is 7.44. The molecule has 90 valence electrons. The molecule has 1 heteroatoms. The Kier molecular flexibility index (Phi) is 4.40. The molecule has 0 fully saturated rings. The largest absolute Gasteiger partial charge is 0.372 e. The van der Waals surface area contributed by atoms with Crippen LogP contribution >= 0.6 is 0 Å². The zero-order valence-electron chi connectivity index (χ0n) is 11.4. The number of aryl methyl sites for hydroxylation is 1. The molecule has 0 unspecified atom stereocenters. The van der Waals surface area contributed by atoms with Gasteiger partial charge in [0.1, 0.15) is 0 Å². The molecule has 1 aromatic rings. The lowest BCUT2D eigenvalue weighted by Crippen LogP contribution is -2.27. The lowest BCUT2D eigenvalue weighted by molar-refractivity contribution is 0.379. The van der Waals surface area contributed by atoms with Crippen LogP contribution in [0.1, 0.15) is 39.7 Å². The van der Waals surface area contributed by atoms with Crippen molar-refractivity contribution in [3.63, 3.8) is 0 Å². The summed E-state index contributed by atoms with van der Waals surface area (Å²) in [6.07, 6.45) is 1.23. The van der Waals surface area contributed by atoms with Crippen LogP contribution in [0.5, 0.6) is 0 Å². The number of anilines is 1. The van der Waals surface area contributed by atoms with Crippen LogP contribution in [-0.4, -0.2) is 13.1 Å². The molecule has 1 rings (SSSR count). The van der Waals surface area contributed by atoms with Crippen molar-refractivity contribution in [1.82, 2.24) is 0 Å². The molecule has 1 nitrogen and oxygen atoms in total. The molecule has 0 aliphatic heterocycles. The molecule has 0 spiro atoms. The van der Waals surface area contributed by atoms with E-state index in [-0.39, 0.29) is 0 Å². The Morgan fingerprint density at radius 1 is 1.12 bits per heavy atom. The summed E-state index contributed by atoms with van der Waals surface area (Å²) in [4.78, 5) is 2.47. The van der Waals surface area contributed by atoms with E-state index in [1.807, 2.05) is 0 Å². The smallest absolute Gasteiger partial charge is 0.0395 e. The molecule has 0 aliphatic rings. The third kappa shape index (κ3) is 3.88. The molecular formula is C15H25N. The van der Waals surface area contributed by atoms with Crippen LogP contribution in [-0.2, 0) is 0 Å². The number of hydrogen-bond acceptors (Lipinski definition) is 1. The van der Waals surface area contributed by atoms with E-state index in [1.165, 1.54) is 17.7 Å². The molecule has 16 heavy (non-hydrogen) atoms. The minimum absolute atomic E-state index is 0.413. The first kappa shape index (κ1) is 13.1. The quantitative estimate of drug-likeness (QED) is 0.731. The van der Waals surface area contributed by atoms with E-state index in [1.54, 1.807) is 0 Å². The maximum Gasteiger partial charge on any atom is 0.0395 e. The van der Waals surface area contributed by atoms with Crippen molar-refractivity contribution >= 4 is 5.69 Å². The predicted molar refractivity (Wildman–Crippen MR) is 73.1 cm³/mol. The van der Waals surface area contributed by atoms with Gasteiger partial charge in [-0.15, -0.1) is 0 Å². The molecule has 0 radical (unpaired) electrons. The van der Waals surface area contributed by atoms with Crippen LogP contribution in [0.4, 0.5) is 5.69 Å². The second-order valence-corrected chi connectivity index (χ2v) is 5.68. The summed E-state index contributed by atoms with van der Waals surface area (Å²) >= 11 is 0. The van der Waals surface area contributed by atoms with Gasteiger partial charge in [0.2, 0.25) is 0 Å². The summed E-state index contributed by atoms with van der Waals surface area (Å²) in [6, 6.07) is 8.65. The van der Waals surface area contributed by atoms with Gasteiger partial charge in [-0.1, -0.05) is 39.0 Å².